The number of benzene rings is 12. The molecule has 410 valence electrons. The molecule has 10 heteroatoms. The zero-order valence-corrected chi connectivity index (χ0v) is 47.2. The van der Waals surface area contributed by atoms with Gasteiger partial charge in [0.15, 0.2) is 23.3 Å². The molecule has 0 amide bonds. The van der Waals surface area contributed by atoms with Crippen LogP contribution in [0.4, 0.5) is 0 Å². The molecule has 6 aromatic heterocycles. The van der Waals surface area contributed by atoms with Crippen molar-refractivity contribution in [3.8, 4) is 79.9 Å². The maximum Gasteiger partial charge on any atom is 0.238 e. The standard InChI is InChI=1S/C78H48N10/c1-5-22-50(23-6-1)73-79-75(82-77(81-73)87-66-39-20-16-35-62(66)70-68(87)47-45-59-57-32-13-17-36-63(57)86(71(59)70)56-30-11-4-12-31-56)52-42-40-49(41-43-52)53-26-21-27-54(48-53)76-80-74(51-24-7-2-8-25-51)83-78(84-76)88-64-37-18-14-33-58(64)60-44-46-67-69(72(60)88)61-34-15-19-38-65(61)85(67)55-28-9-3-10-29-55/h1-48H. The van der Waals surface area contributed by atoms with Crippen molar-refractivity contribution >= 4 is 87.2 Å². The van der Waals surface area contributed by atoms with Gasteiger partial charge < -0.3 is 9.13 Å². The lowest BCUT2D eigenvalue weighted by molar-refractivity contribution is 0.953. The number of fused-ring (bicyclic) bond motifs is 14. The Hall–Kier alpha value is -12.1. The normalized spacial score (nSPS) is 11.9. The molecule has 0 bridgehead atoms. The Morgan fingerprint density at radius 2 is 0.545 bits per heavy atom. The van der Waals surface area contributed by atoms with Gasteiger partial charge in [0.1, 0.15) is 0 Å². The van der Waals surface area contributed by atoms with E-state index in [1.807, 2.05) is 36.4 Å². The zero-order valence-electron chi connectivity index (χ0n) is 47.2. The predicted octanol–water partition coefficient (Wildman–Crippen LogP) is 18.8. The van der Waals surface area contributed by atoms with Crippen LogP contribution in [0, 0.1) is 0 Å². The molecule has 12 aromatic carbocycles. The van der Waals surface area contributed by atoms with E-state index >= 15 is 0 Å². The fourth-order valence-corrected chi connectivity index (χ4v) is 13.4. The van der Waals surface area contributed by atoms with Crippen molar-refractivity contribution in [1.29, 1.82) is 0 Å². The number of hydrogen-bond acceptors (Lipinski definition) is 6. The molecular weight excluding hydrogens is 1080 g/mol. The van der Waals surface area contributed by atoms with Gasteiger partial charge in [-0.2, -0.15) is 19.9 Å². The van der Waals surface area contributed by atoms with E-state index in [4.69, 9.17) is 29.9 Å². The summed E-state index contributed by atoms with van der Waals surface area (Å²) >= 11 is 0. The molecule has 0 atom stereocenters. The minimum Gasteiger partial charge on any atom is -0.309 e. The molecule has 0 fully saturated rings. The van der Waals surface area contributed by atoms with Crippen LogP contribution in [-0.4, -0.2) is 48.2 Å². The largest absolute Gasteiger partial charge is 0.309 e. The molecular formula is C78H48N10. The van der Waals surface area contributed by atoms with Crippen LogP contribution in [-0.2, 0) is 0 Å². The van der Waals surface area contributed by atoms with Crippen LogP contribution >= 0.6 is 0 Å². The summed E-state index contributed by atoms with van der Waals surface area (Å²) in [6.45, 7) is 0. The van der Waals surface area contributed by atoms with Crippen molar-refractivity contribution in [2.24, 2.45) is 0 Å². The van der Waals surface area contributed by atoms with E-state index in [0.717, 1.165) is 121 Å². The molecule has 0 saturated carbocycles. The van der Waals surface area contributed by atoms with Crippen LogP contribution in [0.25, 0.3) is 167 Å². The summed E-state index contributed by atoms with van der Waals surface area (Å²) in [4.78, 5) is 32.0. The maximum atomic E-state index is 5.46. The van der Waals surface area contributed by atoms with Gasteiger partial charge in [-0.3, -0.25) is 9.13 Å². The third-order valence-electron chi connectivity index (χ3n) is 17.3. The highest BCUT2D eigenvalue weighted by molar-refractivity contribution is 6.27. The Balaban J connectivity index is 0.777. The first kappa shape index (κ1) is 49.3. The summed E-state index contributed by atoms with van der Waals surface area (Å²) in [7, 11) is 0. The Labute approximate surface area is 503 Å². The van der Waals surface area contributed by atoms with Crippen molar-refractivity contribution in [3.63, 3.8) is 0 Å². The van der Waals surface area contributed by atoms with Gasteiger partial charge in [-0.1, -0.05) is 224 Å². The minimum atomic E-state index is 0.532. The summed E-state index contributed by atoms with van der Waals surface area (Å²) < 4.78 is 9.21. The molecule has 0 saturated heterocycles. The Bertz CT molecular complexity index is 5790. The van der Waals surface area contributed by atoms with E-state index in [1.54, 1.807) is 0 Å². The maximum absolute atomic E-state index is 5.46. The first-order chi connectivity index (χ1) is 43.7. The molecule has 18 rings (SSSR count). The van der Waals surface area contributed by atoms with E-state index in [-0.39, 0.29) is 0 Å². The molecule has 0 radical (unpaired) electrons. The molecule has 0 aliphatic carbocycles. The van der Waals surface area contributed by atoms with Crippen molar-refractivity contribution in [2.45, 2.75) is 0 Å². The second-order valence-corrected chi connectivity index (χ2v) is 22.2. The third kappa shape index (κ3) is 7.69. The molecule has 88 heavy (non-hydrogen) atoms. The smallest absolute Gasteiger partial charge is 0.238 e. The van der Waals surface area contributed by atoms with Gasteiger partial charge in [-0.25, -0.2) is 9.97 Å². The number of nitrogens with zero attached hydrogens (tertiary/aromatic N) is 10. The van der Waals surface area contributed by atoms with Gasteiger partial charge in [0.2, 0.25) is 11.9 Å². The molecule has 6 heterocycles. The molecule has 10 nitrogen and oxygen atoms in total. The van der Waals surface area contributed by atoms with Gasteiger partial charge in [0.25, 0.3) is 0 Å². The van der Waals surface area contributed by atoms with E-state index in [0.29, 0.717) is 35.2 Å². The molecule has 18 aromatic rings. The molecule has 0 aliphatic rings. The quantitative estimate of drug-likeness (QED) is 0.143. The highest BCUT2D eigenvalue weighted by Crippen LogP contribution is 2.44. The third-order valence-corrected chi connectivity index (χ3v) is 17.3. The lowest BCUT2D eigenvalue weighted by Gasteiger charge is -2.13. The van der Waals surface area contributed by atoms with Crippen molar-refractivity contribution in [2.75, 3.05) is 0 Å². The first-order valence-electron chi connectivity index (χ1n) is 29.5. The summed E-state index contributed by atoms with van der Waals surface area (Å²) in [6, 6.07) is 102. The molecule has 0 spiro atoms. The average Bonchev–Trinajstić information content (AvgIpc) is 1.69. The van der Waals surface area contributed by atoms with E-state index in [2.05, 4.69) is 273 Å². The fraction of sp³-hybridized carbons (Fsp3) is 0. The SMILES string of the molecule is c1ccc(-c2nc(-c3ccc(-c4cccc(-c5nc(-c6ccccc6)nc(-n6c7ccccc7c7ccc8c(c9ccccc9n8-c8ccccc8)c76)n5)c4)cc3)nc(-n3c4ccccc4c4c3ccc3c5ccccc5n(-c5ccccc5)c34)n2)cc1. The van der Waals surface area contributed by atoms with Crippen LogP contribution < -0.4 is 0 Å². The minimum absolute atomic E-state index is 0.532. The second-order valence-electron chi connectivity index (χ2n) is 22.2. The zero-order chi connectivity index (χ0) is 57.8. The van der Waals surface area contributed by atoms with Crippen LogP contribution in [0.15, 0.2) is 291 Å². The van der Waals surface area contributed by atoms with Crippen LogP contribution in [0.1, 0.15) is 0 Å². The highest BCUT2D eigenvalue weighted by Gasteiger charge is 2.26. The molecule has 0 aliphatic heterocycles. The fourth-order valence-electron chi connectivity index (χ4n) is 13.4. The van der Waals surface area contributed by atoms with E-state index < -0.39 is 0 Å². The Morgan fingerprint density at radius 1 is 0.193 bits per heavy atom. The lowest BCUT2D eigenvalue weighted by atomic mass is 10.0. The van der Waals surface area contributed by atoms with Crippen LogP contribution in [0.3, 0.4) is 0 Å². The van der Waals surface area contributed by atoms with Gasteiger partial charge in [-0.15, -0.1) is 0 Å². The summed E-state index contributed by atoms with van der Waals surface area (Å²) in [5.74, 6) is 3.35. The molecule has 0 unspecified atom stereocenters. The number of para-hydroxylation sites is 6. The van der Waals surface area contributed by atoms with Gasteiger partial charge in [0.05, 0.1) is 44.1 Å². The monoisotopic (exact) mass is 1120 g/mol. The summed E-state index contributed by atoms with van der Waals surface area (Å²) in [6.07, 6.45) is 0. The summed E-state index contributed by atoms with van der Waals surface area (Å²) in [5.41, 5.74) is 16.3. The number of aromatic nitrogens is 10. The van der Waals surface area contributed by atoms with Gasteiger partial charge in [0, 0.05) is 76.7 Å². The van der Waals surface area contributed by atoms with E-state index in [1.165, 1.54) is 10.8 Å². The number of hydrogen-bond donors (Lipinski definition) is 0. The lowest BCUT2D eigenvalue weighted by Crippen LogP contribution is -2.06. The van der Waals surface area contributed by atoms with Crippen LogP contribution in [0.5, 0.6) is 0 Å². The molecule has 0 N–H and O–H groups in total. The highest BCUT2D eigenvalue weighted by atomic mass is 15.2. The average molecular weight is 1130 g/mol. The predicted molar refractivity (Wildman–Crippen MR) is 358 cm³/mol. The Morgan fingerprint density at radius 3 is 1.08 bits per heavy atom. The topological polar surface area (TPSA) is 97.1 Å². The van der Waals surface area contributed by atoms with Crippen molar-refractivity contribution in [3.05, 3.63) is 291 Å². The number of rotatable bonds is 9. The van der Waals surface area contributed by atoms with Crippen molar-refractivity contribution in [1.82, 2.24) is 48.2 Å². The van der Waals surface area contributed by atoms with Gasteiger partial charge >= 0.3 is 0 Å². The van der Waals surface area contributed by atoms with Crippen LogP contribution in [0.2, 0.25) is 0 Å². The van der Waals surface area contributed by atoms with Gasteiger partial charge in [-0.05, 0) is 77.9 Å². The van der Waals surface area contributed by atoms with E-state index in [9.17, 15) is 0 Å². The second kappa shape index (κ2) is 19.7. The Kier molecular flexibility index (Phi) is 11.1. The summed E-state index contributed by atoms with van der Waals surface area (Å²) in [5, 5.41) is 9.13. The van der Waals surface area contributed by atoms with Crippen molar-refractivity contribution < 1.29 is 0 Å². The first-order valence-corrected chi connectivity index (χ1v) is 29.5.